The molecule has 3 N–H and O–H groups in total. The summed E-state index contributed by atoms with van der Waals surface area (Å²) in [6, 6.07) is 0.316. The summed E-state index contributed by atoms with van der Waals surface area (Å²) in [5, 5.41) is 3.24. The van der Waals surface area contributed by atoms with Gasteiger partial charge < -0.3 is 10.2 Å². The lowest BCUT2D eigenvalue weighted by molar-refractivity contribution is -0.158. The number of nitrogens with two attached hydrogens (primary N) is 1. The molecule has 62 valence electrons. The molecular formula is C7H12N2O2. The number of nitrogens with one attached hydrogen (secondary N) is 1. The van der Waals surface area contributed by atoms with Crippen LogP contribution < -0.4 is 11.2 Å². The molecule has 0 radical (unpaired) electrons. The zero-order chi connectivity index (χ0) is 8.06. The average Bonchev–Trinajstić information content (AvgIpc) is 2.44. The van der Waals surface area contributed by atoms with Crippen molar-refractivity contribution in [3.05, 3.63) is 0 Å². The number of fused-ring (bicyclic) bond motifs is 1. The Hall–Kier alpha value is -0.610. The topological polar surface area (TPSA) is 64.3 Å². The van der Waals surface area contributed by atoms with Gasteiger partial charge in [-0.15, -0.1) is 0 Å². The predicted octanol–water partition coefficient (Wildman–Crippen LogP) is -0.599. The van der Waals surface area contributed by atoms with Crippen molar-refractivity contribution in [3.8, 4) is 0 Å². The molecular weight excluding hydrogens is 144 g/mol. The molecule has 0 aromatic carbocycles. The molecule has 3 rings (SSSR count). The van der Waals surface area contributed by atoms with E-state index in [4.69, 9.17) is 5.90 Å². The number of hydrogen-bond acceptors (Lipinski definition) is 4. The molecule has 3 aliphatic rings. The monoisotopic (exact) mass is 156 g/mol. The van der Waals surface area contributed by atoms with Gasteiger partial charge >= 0.3 is 5.97 Å². The third-order valence-corrected chi connectivity index (χ3v) is 2.98. The maximum atomic E-state index is 11.1. The Balaban J connectivity index is 2.13. The minimum Gasteiger partial charge on any atom is -0.373 e. The Morgan fingerprint density at radius 3 is 2.91 bits per heavy atom. The van der Waals surface area contributed by atoms with Gasteiger partial charge in [0, 0.05) is 12.6 Å². The molecule has 3 atom stereocenters. The van der Waals surface area contributed by atoms with E-state index in [-0.39, 0.29) is 17.3 Å². The van der Waals surface area contributed by atoms with Crippen LogP contribution in [0.1, 0.15) is 13.3 Å². The maximum absolute atomic E-state index is 11.1. The van der Waals surface area contributed by atoms with Crippen LogP contribution in [0.25, 0.3) is 0 Å². The van der Waals surface area contributed by atoms with Gasteiger partial charge in [-0.2, -0.15) is 5.90 Å². The molecule has 11 heavy (non-hydrogen) atoms. The van der Waals surface area contributed by atoms with Crippen LogP contribution in [0, 0.1) is 11.3 Å². The molecule has 2 saturated heterocycles. The zero-order valence-corrected chi connectivity index (χ0v) is 6.46. The van der Waals surface area contributed by atoms with Gasteiger partial charge in [-0.1, -0.05) is 6.92 Å². The van der Waals surface area contributed by atoms with Gasteiger partial charge in [0.2, 0.25) is 0 Å². The largest absolute Gasteiger partial charge is 0.373 e. The fraction of sp³-hybridized carbons (Fsp3) is 0.857. The van der Waals surface area contributed by atoms with Crippen molar-refractivity contribution in [2.45, 2.75) is 19.4 Å². The van der Waals surface area contributed by atoms with Gasteiger partial charge in [0.15, 0.2) is 0 Å². The summed E-state index contributed by atoms with van der Waals surface area (Å²) in [6.45, 7) is 3.00. The van der Waals surface area contributed by atoms with Gasteiger partial charge in [0.25, 0.3) is 0 Å². The first-order valence-corrected chi connectivity index (χ1v) is 3.81. The molecule has 2 aliphatic heterocycles. The lowest BCUT2D eigenvalue weighted by Gasteiger charge is -2.40. The highest BCUT2D eigenvalue weighted by Gasteiger charge is 2.60. The van der Waals surface area contributed by atoms with Crippen molar-refractivity contribution in [1.82, 2.24) is 5.32 Å². The number of carbonyl (C=O) groups is 1. The van der Waals surface area contributed by atoms with Crippen LogP contribution in [0.3, 0.4) is 0 Å². The van der Waals surface area contributed by atoms with Gasteiger partial charge in [-0.25, -0.2) is 4.79 Å². The second kappa shape index (κ2) is 1.95. The number of carbonyl (C=O) groups excluding carboxylic acids is 1. The van der Waals surface area contributed by atoms with Crippen molar-refractivity contribution < 1.29 is 9.63 Å². The van der Waals surface area contributed by atoms with E-state index < -0.39 is 0 Å². The summed E-state index contributed by atoms with van der Waals surface area (Å²) < 4.78 is 0. The third kappa shape index (κ3) is 0.736. The van der Waals surface area contributed by atoms with E-state index in [1.807, 2.05) is 0 Å². The molecule has 0 spiro atoms. The minimum absolute atomic E-state index is 0.00694. The Bertz CT molecular complexity index is 203. The van der Waals surface area contributed by atoms with Gasteiger partial charge in [-0.3, -0.25) is 0 Å². The Labute approximate surface area is 65.0 Å². The third-order valence-electron chi connectivity index (χ3n) is 2.98. The van der Waals surface area contributed by atoms with E-state index in [0.29, 0.717) is 6.04 Å². The molecule has 2 heterocycles. The van der Waals surface area contributed by atoms with Crippen LogP contribution in [-0.2, 0) is 9.63 Å². The minimum atomic E-state index is -0.270. The van der Waals surface area contributed by atoms with Crippen molar-refractivity contribution in [2.75, 3.05) is 6.54 Å². The summed E-state index contributed by atoms with van der Waals surface area (Å²) in [5.41, 5.74) is 0.112. The summed E-state index contributed by atoms with van der Waals surface area (Å²) in [7, 11) is 0. The Morgan fingerprint density at radius 2 is 2.55 bits per heavy atom. The van der Waals surface area contributed by atoms with Crippen LogP contribution in [0.5, 0.6) is 0 Å². The highest BCUT2D eigenvalue weighted by Crippen LogP contribution is 2.51. The second-order valence-electron chi connectivity index (χ2n) is 3.76. The highest BCUT2D eigenvalue weighted by molar-refractivity contribution is 5.76. The van der Waals surface area contributed by atoms with Crippen LogP contribution in [0.4, 0.5) is 0 Å². The molecule has 4 nitrogen and oxygen atoms in total. The fourth-order valence-corrected chi connectivity index (χ4v) is 2.33. The van der Waals surface area contributed by atoms with E-state index in [1.165, 1.54) is 0 Å². The van der Waals surface area contributed by atoms with Crippen molar-refractivity contribution in [1.29, 1.82) is 0 Å². The quantitative estimate of drug-likeness (QED) is 0.498. The highest BCUT2D eigenvalue weighted by atomic mass is 16.7. The summed E-state index contributed by atoms with van der Waals surface area (Å²) in [5.74, 6) is 4.54. The second-order valence-corrected chi connectivity index (χ2v) is 3.76. The van der Waals surface area contributed by atoms with Crippen LogP contribution in [0.2, 0.25) is 0 Å². The number of rotatable bonds is 1. The summed E-state index contributed by atoms with van der Waals surface area (Å²) in [4.78, 5) is 15.3. The van der Waals surface area contributed by atoms with E-state index in [0.717, 1.165) is 13.0 Å². The first-order valence-electron chi connectivity index (χ1n) is 3.81. The smallest absolute Gasteiger partial charge is 0.329 e. The summed E-state index contributed by atoms with van der Waals surface area (Å²) >= 11 is 0. The molecule has 4 heteroatoms. The van der Waals surface area contributed by atoms with Gasteiger partial charge in [0.05, 0.1) is 5.92 Å². The van der Waals surface area contributed by atoms with Gasteiger partial charge in [0.1, 0.15) is 0 Å². The normalized spacial score (nSPS) is 46.7. The van der Waals surface area contributed by atoms with E-state index in [9.17, 15) is 4.79 Å². The van der Waals surface area contributed by atoms with Crippen LogP contribution in [-0.4, -0.2) is 18.6 Å². The molecule has 1 saturated carbocycles. The van der Waals surface area contributed by atoms with Crippen molar-refractivity contribution >= 4 is 5.97 Å². The predicted molar refractivity (Wildman–Crippen MR) is 38.3 cm³/mol. The first-order chi connectivity index (χ1) is 5.17. The molecule has 0 aromatic rings. The Morgan fingerprint density at radius 1 is 1.82 bits per heavy atom. The first kappa shape index (κ1) is 7.06. The molecule has 2 bridgehead atoms. The lowest BCUT2D eigenvalue weighted by Crippen LogP contribution is -2.50. The van der Waals surface area contributed by atoms with E-state index in [2.05, 4.69) is 17.1 Å². The van der Waals surface area contributed by atoms with E-state index >= 15 is 0 Å². The van der Waals surface area contributed by atoms with Gasteiger partial charge in [-0.05, 0) is 11.8 Å². The Kier molecular flexibility index (Phi) is 1.25. The molecule has 0 aromatic heterocycles. The molecule has 1 aliphatic carbocycles. The maximum Gasteiger partial charge on any atom is 0.329 e. The molecule has 0 amide bonds. The summed E-state index contributed by atoms with van der Waals surface area (Å²) in [6.07, 6.45) is 1.08. The van der Waals surface area contributed by atoms with Crippen LogP contribution in [0.15, 0.2) is 0 Å². The molecule has 3 unspecified atom stereocenters. The van der Waals surface area contributed by atoms with Crippen LogP contribution >= 0.6 is 0 Å². The average molecular weight is 156 g/mol. The zero-order valence-electron chi connectivity index (χ0n) is 6.46. The van der Waals surface area contributed by atoms with Crippen molar-refractivity contribution in [2.24, 2.45) is 17.2 Å². The molecule has 3 fully saturated rings. The standard InChI is InChI=1S/C7H12N2O2/c1-7-2-4(9-3-7)5(7)6(10)11-8/h4-5,9H,2-3,8H2,1H3. The number of hydrogen-bond donors (Lipinski definition) is 2. The lowest BCUT2D eigenvalue weighted by atomic mass is 9.62. The van der Waals surface area contributed by atoms with E-state index in [1.54, 1.807) is 0 Å². The van der Waals surface area contributed by atoms with Crippen molar-refractivity contribution in [3.63, 3.8) is 0 Å². The SMILES string of the molecule is CC12CNC(C1)C2C(=O)ON. The fourth-order valence-electron chi connectivity index (χ4n) is 2.33.